The number of rotatable bonds is 4. The lowest BCUT2D eigenvalue weighted by atomic mass is 9.86. The summed E-state index contributed by atoms with van der Waals surface area (Å²) >= 11 is 0. The van der Waals surface area contributed by atoms with Crippen LogP contribution in [0, 0.1) is 17.6 Å². The van der Waals surface area contributed by atoms with E-state index in [0.717, 1.165) is 37.8 Å². The molecule has 20 heavy (non-hydrogen) atoms. The summed E-state index contributed by atoms with van der Waals surface area (Å²) < 4.78 is 31.2. The van der Waals surface area contributed by atoms with Gasteiger partial charge in [0, 0.05) is 18.2 Å². The number of ether oxygens (including phenoxy) is 1. The molecule has 0 spiro atoms. The molecule has 1 aliphatic rings. The first-order chi connectivity index (χ1) is 9.60. The second-order valence-electron chi connectivity index (χ2n) is 5.19. The van der Waals surface area contributed by atoms with Crippen molar-refractivity contribution in [3.05, 3.63) is 35.4 Å². The van der Waals surface area contributed by atoms with E-state index in [0.29, 0.717) is 12.1 Å². The Hall–Kier alpha value is -1.49. The first-order valence-corrected chi connectivity index (χ1v) is 6.85. The average Bonchev–Trinajstić information content (AvgIpc) is 2.48. The lowest BCUT2D eigenvalue weighted by molar-refractivity contribution is -0.146. The molecule has 0 heterocycles. The van der Waals surface area contributed by atoms with E-state index in [9.17, 15) is 13.6 Å². The zero-order chi connectivity index (χ0) is 14.5. The van der Waals surface area contributed by atoms with Crippen molar-refractivity contribution in [2.24, 2.45) is 5.92 Å². The standard InChI is InChI=1S/C15H19F2NO2/c1-20-15(19)10-2-5-13(6-3-10)18-9-11-8-12(16)4-7-14(11)17/h4,7-8,10,13,18H,2-3,5-6,9H2,1H3. The molecule has 0 radical (unpaired) electrons. The molecule has 0 aliphatic heterocycles. The molecule has 1 N–H and O–H groups in total. The minimum Gasteiger partial charge on any atom is -0.469 e. The topological polar surface area (TPSA) is 38.3 Å². The van der Waals surface area contributed by atoms with Gasteiger partial charge in [-0.25, -0.2) is 8.78 Å². The second kappa shape index (κ2) is 6.79. The number of carbonyl (C=O) groups excluding carboxylic acids is 1. The van der Waals surface area contributed by atoms with E-state index < -0.39 is 11.6 Å². The number of nitrogens with one attached hydrogen (secondary N) is 1. The Labute approximate surface area is 117 Å². The molecule has 0 atom stereocenters. The van der Waals surface area contributed by atoms with Gasteiger partial charge in [-0.05, 0) is 43.9 Å². The van der Waals surface area contributed by atoms with E-state index in [1.807, 2.05) is 0 Å². The van der Waals surface area contributed by atoms with E-state index in [2.05, 4.69) is 5.32 Å². The first-order valence-electron chi connectivity index (χ1n) is 6.85. The third kappa shape index (κ3) is 3.76. The van der Waals surface area contributed by atoms with Crippen LogP contribution in [0.1, 0.15) is 31.2 Å². The zero-order valence-electron chi connectivity index (χ0n) is 11.5. The van der Waals surface area contributed by atoms with E-state index in [-0.39, 0.29) is 17.9 Å². The molecule has 1 fully saturated rings. The first kappa shape index (κ1) is 14.9. The fourth-order valence-electron chi connectivity index (χ4n) is 2.63. The van der Waals surface area contributed by atoms with Crippen molar-refractivity contribution in [1.29, 1.82) is 0 Å². The molecule has 1 aromatic carbocycles. The maximum absolute atomic E-state index is 13.5. The van der Waals surface area contributed by atoms with Crippen molar-refractivity contribution in [3.8, 4) is 0 Å². The maximum atomic E-state index is 13.5. The highest BCUT2D eigenvalue weighted by Crippen LogP contribution is 2.25. The SMILES string of the molecule is COC(=O)C1CCC(NCc2cc(F)ccc2F)CC1. The van der Waals surface area contributed by atoms with Crippen molar-refractivity contribution < 1.29 is 18.3 Å². The molecule has 2 rings (SSSR count). The van der Waals surface area contributed by atoms with Crippen molar-refractivity contribution >= 4 is 5.97 Å². The number of hydrogen-bond donors (Lipinski definition) is 1. The van der Waals surface area contributed by atoms with Gasteiger partial charge in [0.15, 0.2) is 0 Å². The fraction of sp³-hybridized carbons (Fsp3) is 0.533. The van der Waals surface area contributed by atoms with Crippen LogP contribution in [-0.2, 0) is 16.1 Å². The number of esters is 1. The highest BCUT2D eigenvalue weighted by Gasteiger charge is 2.26. The molecule has 3 nitrogen and oxygen atoms in total. The molecule has 1 aromatic rings. The second-order valence-corrected chi connectivity index (χ2v) is 5.19. The van der Waals surface area contributed by atoms with Crippen molar-refractivity contribution in [2.75, 3.05) is 7.11 Å². The van der Waals surface area contributed by atoms with Gasteiger partial charge in [-0.3, -0.25) is 4.79 Å². The highest BCUT2D eigenvalue weighted by atomic mass is 19.1. The summed E-state index contributed by atoms with van der Waals surface area (Å²) in [5.41, 5.74) is 0.333. The Morgan fingerprint density at radius 2 is 2.00 bits per heavy atom. The molecule has 1 saturated carbocycles. The van der Waals surface area contributed by atoms with Gasteiger partial charge >= 0.3 is 5.97 Å². The monoisotopic (exact) mass is 283 g/mol. The number of hydrogen-bond acceptors (Lipinski definition) is 3. The van der Waals surface area contributed by atoms with Gasteiger partial charge in [-0.1, -0.05) is 0 Å². The van der Waals surface area contributed by atoms with Crippen LogP contribution in [0.3, 0.4) is 0 Å². The van der Waals surface area contributed by atoms with Gasteiger partial charge < -0.3 is 10.1 Å². The van der Waals surface area contributed by atoms with E-state index in [1.54, 1.807) is 0 Å². The van der Waals surface area contributed by atoms with Crippen molar-refractivity contribution in [1.82, 2.24) is 5.32 Å². The summed E-state index contributed by atoms with van der Waals surface area (Å²) in [6.45, 7) is 0.303. The number of benzene rings is 1. The Bertz CT molecular complexity index is 471. The summed E-state index contributed by atoms with van der Waals surface area (Å²) in [4.78, 5) is 11.4. The zero-order valence-corrected chi connectivity index (χ0v) is 11.5. The van der Waals surface area contributed by atoms with Crippen LogP contribution >= 0.6 is 0 Å². The Balaban J connectivity index is 1.81. The van der Waals surface area contributed by atoms with E-state index in [4.69, 9.17) is 4.74 Å². The Morgan fingerprint density at radius 3 is 2.65 bits per heavy atom. The molecule has 0 unspecified atom stereocenters. The van der Waals surface area contributed by atoms with Crippen LogP contribution < -0.4 is 5.32 Å². The van der Waals surface area contributed by atoms with Gasteiger partial charge in [0.05, 0.1) is 13.0 Å². The van der Waals surface area contributed by atoms with E-state index in [1.165, 1.54) is 13.2 Å². The molecular formula is C15H19F2NO2. The number of methoxy groups -OCH3 is 1. The summed E-state index contributed by atoms with van der Waals surface area (Å²) in [6, 6.07) is 3.70. The largest absolute Gasteiger partial charge is 0.469 e. The predicted octanol–water partition coefficient (Wildman–Crippen LogP) is 2.79. The van der Waals surface area contributed by atoms with E-state index >= 15 is 0 Å². The van der Waals surface area contributed by atoms with Gasteiger partial charge in [-0.15, -0.1) is 0 Å². The summed E-state index contributed by atoms with van der Waals surface area (Å²) in [7, 11) is 1.40. The normalized spacial score (nSPS) is 22.6. The van der Waals surface area contributed by atoms with Gasteiger partial charge in [0.2, 0.25) is 0 Å². The molecule has 5 heteroatoms. The predicted molar refractivity (Wildman–Crippen MR) is 71.0 cm³/mol. The lowest BCUT2D eigenvalue weighted by Crippen LogP contribution is -2.35. The molecule has 0 saturated heterocycles. The minimum absolute atomic E-state index is 0.0241. The molecule has 0 bridgehead atoms. The van der Waals surface area contributed by atoms with Crippen LogP contribution in [0.2, 0.25) is 0 Å². The van der Waals surface area contributed by atoms with Crippen LogP contribution in [0.25, 0.3) is 0 Å². The molecule has 110 valence electrons. The van der Waals surface area contributed by atoms with Crippen molar-refractivity contribution in [2.45, 2.75) is 38.3 Å². The van der Waals surface area contributed by atoms with Crippen LogP contribution in [0.5, 0.6) is 0 Å². The summed E-state index contributed by atoms with van der Waals surface area (Å²) in [5.74, 6) is -1.01. The number of carbonyl (C=O) groups is 1. The van der Waals surface area contributed by atoms with Gasteiger partial charge in [0.1, 0.15) is 11.6 Å². The molecule has 0 aromatic heterocycles. The molecule has 1 aliphatic carbocycles. The molecule has 0 amide bonds. The summed E-state index contributed by atoms with van der Waals surface area (Å²) in [6.07, 6.45) is 3.24. The molecular weight excluding hydrogens is 264 g/mol. The summed E-state index contributed by atoms with van der Waals surface area (Å²) in [5, 5.41) is 3.22. The van der Waals surface area contributed by atoms with Crippen LogP contribution in [0.15, 0.2) is 18.2 Å². The Kier molecular flexibility index (Phi) is 5.06. The van der Waals surface area contributed by atoms with Gasteiger partial charge in [0.25, 0.3) is 0 Å². The van der Waals surface area contributed by atoms with Crippen LogP contribution in [0.4, 0.5) is 8.78 Å². The lowest BCUT2D eigenvalue weighted by Gasteiger charge is -2.27. The minimum atomic E-state index is -0.433. The fourth-order valence-corrected chi connectivity index (χ4v) is 2.63. The van der Waals surface area contributed by atoms with Crippen molar-refractivity contribution in [3.63, 3.8) is 0 Å². The highest BCUT2D eigenvalue weighted by molar-refractivity contribution is 5.72. The smallest absolute Gasteiger partial charge is 0.308 e. The third-order valence-electron chi connectivity index (χ3n) is 3.85. The van der Waals surface area contributed by atoms with Gasteiger partial charge in [-0.2, -0.15) is 0 Å². The Morgan fingerprint density at radius 1 is 1.30 bits per heavy atom. The van der Waals surface area contributed by atoms with Crippen LogP contribution in [-0.4, -0.2) is 19.1 Å². The average molecular weight is 283 g/mol. The number of halogens is 2. The maximum Gasteiger partial charge on any atom is 0.308 e. The third-order valence-corrected chi connectivity index (χ3v) is 3.85. The quantitative estimate of drug-likeness (QED) is 0.864.